The molecule has 1 aromatic carbocycles. The number of thiazole rings is 1. The molecule has 3 N–H and O–H groups in total. The van der Waals surface area contributed by atoms with Crippen molar-refractivity contribution >= 4 is 28.1 Å². The SMILES string of the molecule is COCCO.O=C(NC1CCCCC1)c1cc(-c2cncs2)cc2cc[nH]c12. The van der Waals surface area contributed by atoms with Crippen molar-refractivity contribution in [2.75, 3.05) is 20.3 Å². The van der Waals surface area contributed by atoms with Gasteiger partial charge in [0.15, 0.2) is 0 Å². The number of nitrogens with zero attached hydrogens (tertiary/aromatic N) is 1. The number of aliphatic hydroxyl groups excluding tert-OH is 1. The van der Waals surface area contributed by atoms with Gasteiger partial charge in [0, 0.05) is 30.9 Å². The number of carbonyl (C=O) groups is 1. The van der Waals surface area contributed by atoms with Crippen LogP contribution >= 0.6 is 11.3 Å². The van der Waals surface area contributed by atoms with Crippen molar-refractivity contribution in [3.63, 3.8) is 0 Å². The summed E-state index contributed by atoms with van der Waals surface area (Å²) in [4.78, 5) is 21.2. The number of aliphatic hydroxyl groups is 1. The molecule has 2 aromatic heterocycles. The van der Waals surface area contributed by atoms with Crippen LogP contribution in [0.5, 0.6) is 0 Å². The second-order valence-electron chi connectivity index (χ2n) is 6.86. The number of carbonyl (C=O) groups excluding carboxylic acids is 1. The Bertz CT molecular complexity index is 868. The summed E-state index contributed by atoms with van der Waals surface area (Å²) in [6.07, 6.45) is 9.63. The molecule has 0 aliphatic heterocycles. The number of aromatic amines is 1. The van der Waals surface area contributed by atoms with Gasteiger partial charge in [-0.2, -0.15) is 0 Å². The molecular weight excluding hydrogens is 374 g/mol. The molecule has 0 bridgehead atoms. The zero-order valence-electron chi connectivity index (χ0n) is 16.1. The number of rotatable bonds is 5. The minimum absolute atomic E-state index is 0.0238. The Morgan fingerprint density at radius 2 is 2.18 bits per heavy atom. The second-order valence-corrected chi connectivity index (χ2v) is 7.74. The van der Waals surface area contributed by atoms with E-state index in [4.69, 9.17) is 5.11 Å². The number of nitrogens with one attached hydrogen (secondary N) is 2. The number of methoxy groups -OCH3 is 1. The lowest BCUT2D eigenvalue weighted by molar-refractivity contribution is 0.0929. The van der Waals surface area contributed by atoms with E-state index in [2.05, 4.69) is 26.1 Å². The number of benzene rings is 1. The lowest BCUT2D eigenvalue weighted by Gasteiger charge is -2.23. The van der Waals surface area contributed by atoms with E-state index < -0.39 is 0 Å². The van der Waals surface area contributed by atoms with Crippen LogP contribution in [0, 0.1) is 0 Å². The molecule has 150 valence electrons. The largest absolute Gasteiger partial charge is 0.394 e. The first kappa shape index (κ1) is 20.5. The lowest BCUT2D eigenvalue weighted by atomic mass is 9.95. The van der Waals surface area contributed by atoms with Gasteiger partial charge < -0.3 is 20.1 Å². The highest BCUT2D eigenvalue weighted by Crippen LogP contribution is 2.29. The fraction of sp³-hybridized carbons (Fsp3) is 0.429. The van der Waals surface area contributed by atoms with Gasteiger partial charge in [-0.3, -0.25) is 9.78 Å². The number of aromatic nitrogens is 2. The van der Waals surface area contributed by atoms with Crippen LogP contribution in [-0.2, 0) is 4.74 Å². The predicted molar refractivity (Wildman–Crippen MR) is 113 cm³/mol. The molecule has 0 radical (unpaired) electrons. The summed E-state index contributed by atoms with van der Waals surface area (Å²) < 4.78 is 4.44. The number of amides is 1. The van der Waals surface area contributed by atoms with Gasteiger partial charge in [0.1, 0.15) is 0 Å². The normalized spacial score (nSPS) is 14.5. The number of hydrogen-bond donors (Lipinski definition) is 3. The maximum atomic E-state index is 12.8. The summed E-state index contributed by atoms with van der Waals surface area (Å²) in [7, 11) is 1.55. The molecule has 0 spiro atoms. The fourth-order valence-corrected chi connectivity index (χ4v) is 4.06. The van der Waals surface area contributed by atoms with E-state index in [0.717, 1.165) is 39.7 Å². The van der Waals surface area contributed by atoms with Gasteiger partial charge in [-0.25, -0.2) is 0 Å². The topological polar surface area (TPSA) is 87.2 Å². The first-order valence-electron chi connectivity index (χ1n) is 9.63. The summed E-state index contributed by atoms with van der Waals surface area (Å²) in [5.41, 5.74) is 4.50. The molecule has 6 nitrogen and oxygen atoms in total. The van der Waals surface area contributed by atoms with E-state index in [0.29, 0.717) is 12.6 Å². The Labute approximate surface area is 169 Å². The molecule has 28 heavy (non-hydrogen) atoms. The number of ether oxygens (including phenoxy) is 1. The Balaban J connectivity index is 0.000000403. The molecule has 0 saturated heterocycles. The minimum atomic E-state index is 0.0238. The van der Waals surface area contributed by atoms with Gasteiger partial charge in [0.05, 0.1) is 34.7 Å². The van der Waals surface area contributed by atoms with Crippen molar-refractivity contribution in [3.8, 4) is 10.4 Å². The first-order valence-corrected chi connectivity index (χ1v) is 10.5. The average molecular weight is 402 g/mol. The maximum absolute atomic E-state index is 12.8. The van der Waals surface area contributed by atoms with Gasteiger partial charge in [-0.05, 0) is 36.6 Å². The second kappa shape index (κ2) is 10.4. The van der Waals surface area contributed by atoms with E-state index in [1.165, 1.54) is 19.3 Å². The van der Waals surface area contributed by atoms with Gasteiger partial charge in [-0.1, -0.05) is 19.3 Å². The Hall–Kier alpha value is -2.22. The van der Waals surface area contributed by atoms with Gasteiger partial charge in [-0.15, -0.1) is 11.3 Å². The van der Waals surface area contributed by atoms with Crippen LogP contribution in [0.2, 0.25) is 0 Å². The van der Waals surface area contributed by atoms with Crippen molar-refractivity contribution in [2.24, 2.45) is 0 Å². The van der Waals surface area contributed by atoms with Gasteiger partial charge in [0.2, 0.25) is 0 Å². The predicted octanol–water partition coefficient (Wildman–Crippen LogP) is 3.98. The van der Waals surface area contributed by atoms with Crippen molar-refractivity contribution in [1.82, 2.24) is 15.3 Å². The van der Waals surface area contributed by atoms with E-state index in [9.17, 15) is 4.79 Å². The third kappa shape index (κ3) is 5.19. The Morgan fingerprint density at radius 3 is 2.82 bits per heavy atom. The van der Waals surface area contributed by atoms with Crippen LogP contribution in [0.15, 0.2) is 36.1 Å². The average Bonchev–Trinajstić information content (AvgIpc) is 3.41. The van der Waals surface area contributed by atoms with E-state index in [1.807, 2.05) is 30.0 Å². The van der Waals surface area contributed by atoms with Gasteiger partial charge in [0.25, 0.3) is 5.91 Å². The van der Waals surface area contributed by atoms with Crippen LogP contribution in [0.4, 0.5) is 0 Å². The smallest absolute Gasteiger partial charge is 0.253 e. The number of hydrogen-bond acceptors (Lipinski definition) is 5. The summed E-state index contributed by atoms with van der Waals surface area (Å²) in [6, 6.07) is 6.41. The molecule has 1 fully saturated rings. The standard InChI is InChI=1S/C18H19N3OS.C3H8O2/c22-18(21-14-4-2-1-3-5-14)15-9-13(16-10-19-11-23-16)8-12-6-7-20-17(12)15;1-5-3-2-4/h6-11,14,20H,1-5H2,(H,21,22);4H,2-3H2,1H3. The highest BCUT2D eigenvalue weighted by Gasteiger charge is 2.19. The summed E-state index contributed by atoms with van der Waals surface area (Å²) in [5.74, 6) is 0.0238. The molecule has 3 aromatic rings. The summed E-state index contributed by atoms with van der Waals surface area (Å²) >= 11 is 1.59. The maximum Gasteiger partial charge on any atom is 0.253 e. The van der Waals surface area contributed by atoms with Crippen molar-refractivity contribution in [3.05, 3.63) is 41.7 Å². The molecule has 1 amide bonds. The zero-order valence-corrected chi connectivity index (χ0v) is 16.9. The van der Waals surface area contributed by atoms with Crippen LogP contribution in [-0.4, -0.2) is 47.3 Å². The van der Waals surface area contributed by atoms with Crippen LogP contribution < -0.4 is 5.32 Å². The summed E-state index contributed by atoms with van der Waals surface area (Å²) in [5, 5.41) is 12.2. The molecule has 0 atom stereocenters. The van der Waals surface area contributed by atoms with Crippen LogP contribution in [0.3, 0.4) is 0 Å². The molecule has 4 rings (SSSR count). The highest BCUT2D eigenvalue weighted by atomic mass is 32.1. The number of H-pyrrole nitrogens is 1. The molecular formula is C21H27N3O3S. The monoisotopic (exact) mass is 401 g/mol. The van der Waals surface area contributed by atoms with Crippen molar-refractivity contribution < 1.29 is 14.6 Å². The highest BCUT2D eigenvalue weighted by molar-refractivity contribution is 7.13. The fourth-order valence-electron chi connectivity index (χ4n) is 3.45. The molecule has 1 aliphatic rings. The Morgan fingerprint density at radius 1 is 1.36 bits per heavy atom. The quantitative estimate of drug-likeness (QED) is 0.603. The Kier molecular flexibility index (Phi) is 7.59. The minimum Gasteiger partial charge on any atom is -0.394 e. The van der Waals surface area contributed by atoms with E-state index >= 15 is 0 Å². The molecule has 2 heterocycles. The first-order chi connectivity index (χ1) is 13.7. The van der Waals surface area contributed by atoms with Crippen LogP contribution in [0.25, 0.3) is 21.3 Å². The van der Waals surface area contributed by atoms with E-state index in [-0.39, 0.29) is 12.5 Å². The van der Waals surface area contributed by atoms with Crippen LogP contribution in [0.1, 0.15) is 42.5 Å². The molecule has 1 saturated carbocycles. The molecule has 7 heteroatoms. The molecule has 0 unspecified atom stereocenters. The third-order valence-corrected chi connectivity index (χ3v) is 5.68. The molecule has 1 aliphatic carbocycles. The van der Waals surface area contributed by atoms with Crippen molar-refractivity contribution in [1.29, 1.82) is 0 Å². The van der Waals surface area contributed by atoms with Crippen molar-refractivity contribution in [2.45, 2.75) is 38.1 Å². The lowest BCUT2D eigenvalue weighted by Crippen LogP contribution is -2.36. The van der Waals surface area contributed by atoms with Gasteiger partial charge >= 0.3 is 0 Å². The zero-order chi connectivity index (χ0) is 19.8. The summed E-state index contributed by atoms with van der Waals surface area (Å²) in [6.45, 7) is 0.566. The number of fused-ring (bicyclic) bond motifs is 1. The van der Waals surface area contributed by atoms with E-state index in [1.54, 1.807) is 18.4 Å². The third-order valence-electron chi connectivity index (χ3n) is 4.86.